The van der Waals surface area contributed by atoms with Crippen molar-refractivity contribution >= 4 is 17.3 Å². The summed E-state index contributed by atoms with van der Waals surface area (Å²) in [4.78, 5) is 24.3. The third kappa shape index (κ3) is 3.51. The molecule has 1 aliphatic heterocycles. The highest BCUT2D eigenvalue weighted by Crippen LogP contribution is 2.28. The van der Waals surface area contributed by atoms with Crippen LogP contribution in [0.25, 0.3) is 0 Å². The van der Waals surface area contributed by atoms with Gasteiger partial charge in [-0.1, -0.05) is 19.4 Å². The number of nitrogens with one attached hydrogen (secondary N) is 1. The average Bonchev–Trinajstić information content (AvgIpc) is 2.79. The lowest BCUT2D eigenvalue weighted by Crippen LogP contribution is -2.24. The Bertz CT molecular complexity index is 545. The highest BCUT2D eigenvalue weighted by atomic mass is 16.6. The Labute approximate surface area is 124 Å². The molecule has 0 bridgehead atoms. The Balaban J connectivity index is 2.10. The molecule has 1 heterocycles. The predicted molar refractivity (Wildman–Crippen MR) is 81.1 cm³/mol. The van der Waals surface area contributed by atoms with Crippen LogP contribution >= 0.6 is 0 Å². The van der Waals surface area contributed by atoms with Crippen LogP contribution in [0, 0.1) is 16.0 Å². The molecule has 1 fully saturated rings. The summed E-state index contributed by atoms with van der Waals surface area (Å²) >= 11 is 0. The van der Waals surface area contributed by atoms with E-state index in [1.54, 1.807) is 19.2 Å². The third-order valence-electron chi connectivity index (χ3n) is 3.89. The fourth-order valence-electron chi connectivity index (χ4n) is 2.87. The summed E-state index contributed by atoms with van der Waals surface area (Å²) < 4.78 is 0. The zero-order valence-electron chi connectivity index (χ0n) is 12.5. The number of nitrogens with zero attached hydrogens (tertiary/aromatic N) is 2. The summed E-state index contributed by atoms with van der Waals surface area (Å²) in [5, 5.41) is 13.7. The first-order valence-corrected chi connectivity index (χ1v) is 7.28. The number of amides is 1. The molecule has 0 spiro atoms. The minimum atomic E-state index is -0.409. The van der Waals surface area contributed by atoms with Crippen molar-refractivity contribution in [2.45, 2.75) is 32.7 Å². The maximum atomic E-state index is 12.0. The number of hydrogen-bond donors (Lipinski definition) is 1. The molecule has 0 saturated carbocycles. The van der Waals surface area contributed by atoms with Crippen LogP contribution in [0.3, 0.4) is 0 Å². The lowest BCUT2D eigenvalue weighted by molar-refractivity contribution is -0.384. The smallest absolute Gasteiger partial charge is 0.292 e. The molecule has 21 heavy (non-hydrogen) atoms. The summed E-state index contributed by atoms with van der Waals surface area (Å²) in [6.45, 7) is 3.44. The van der Waals surface area contributed by atoms with E-state index in [4.69, 9.17) is 0 Å². The molecule has 1 N–H and O–H groups in total. The van der Waals surface area contributed by atoms with E-state index in [-0.39, 0.29) is 11.6 Å². The van der Waals surface area contributed by atoms with E-state index in [2.05, 4.69) is 12.2 Å². The van der Waals surface area contributed by atoms with Gasteiger partial charge >= 0.3 is 0 Å². The second kappa shape index (κ2) is 6.56. The Hall–Kier alpha value is -2.11. The SMILES string of the molecule is CCCC1CC(=O)N(Cc2ccc([N+](=O)[O-])c(NC)c2)C1. The summed E-state index contributed by atoms with van der Waals surface area (Å²) in [5.74, 6) is 0.627. The minimum Gasteiger partial charge on any atom is -0.383 e. The second-order valence-corrected chi connectivity index (χ2v) is 5.49. The zero-order chi connectivity index (χ0) is 15.4. The lowest BCUT2D eigenvalue weighted by atomic mass is 10.0. The number of anilines is 1. The molecule has 6 nitrogen and oxygen atoms in total. The molecule has 0 aliphatic carbocycles. The lowest BCUT2D eigenvalue weighted by Gasteiger charge is -2.17. The Morgan fingerprint density at radius 3 is 2.86 bits per heavy atom. The number of likely N-dealkylation sites (tertiary alicyclic amines) is 1. The third-order valence-corrected chi connectivity index (χ3v) is 3.89. The molecule has 1 aliphatic rings. The fraction of sp³-hybridized carbons (Fsp3) is 0.533. The van der Waals surface area contributed by atoms with Gasteiger partial charge in [0.15, 0.2) is 0 Å². The van der Waals surface area contributed by atoms with Gasteiger partial charge in [0.1, 0.15) is 5.69 Å². The van der Waals surface area contributed by atoms with E-state index in [0.29, 0.717) is 24.6 Å². The summed E-state index contributed by atoms with van der Waals surface area (Å²) in [7, 11) is 1.66. The van der Waals surface area contributed by atoms with Gasteiger partial charge in [-0.2, -0.15) is 0 Å². The maximum absolute atomic E-state index is 12.0. The first kappa shape index (κ1) is 15.3. The van der Waals surface area contributed by atoms with Crippen LogP contribution in [0.1, 0.15) is 31.7 Å². The van der Waals surface area contributed by atoms with Gasteiger partial charge in [0.05, 0.1) is 4.92 Å². The van der Waals surface area contributed by atoms with Crippen LogP contribution in [0.4, 0.5) is 11.4 Å². The van der Waals surface area contributed by atoms with Crippen LogP contribution in [-0.2, 0) is 11.3 Å². The summed E-state index contributed by atoms with van der Waals surface area (Å²) in [5.41, 5.74) is 1.45. The molecule has 0 radical (unpaired) electrons. The Morgan fingerprint density at radius 1 is 1.48 bits per heavy atom. The van der Waals surface area contributed by atoms with Gasteiger partial charge in [-0.05, 0) is 24.0 Å². The number of carbonyl (C=O) groups is 1. The van der Waals surface area contributed by atoms with E-state index in [0.717, 1.165) is 24.9 Å². The molecule has 1 aromatic rings. The van der Waals surface area contributed by atoms with Crippen molar-refractivity contribution in [1.82, 2.24) is 4.90 Å². The molecule has 0 aromatic heterocycles. The normalized spacial score (nSPS) is 18.1. The average molecular weight is 291 g/mol. The molecule has 1 aromatic carbocycles. The van der Waals surface area contributed by atoms with Crippen LogP contribution in [-0.4, -0.2) is 29.3 Å². The van der Waals surface area contributed by atoms with Gasteiger partial charge in [0, 0.05) is 32.6 Å². The van der Waals surface area contributed by atoms with Gasteiger partial charge in [-0.15, -0.1) is 0 Å². The number of rotatable bonds is 6. The summed E-state index contributed by atoms with van der Waals surface area (Å²) in [6.07, 6.45) is 2.79. The first-order valence-electron chi connectivity index (χ1n) is 7.28. The maximum Gasteiger partial charge on any atom is 0.292 e. The zero-order valence-corrected chi connectivity index (χ0v) is 12.5. The number of carbonyl (C=O) groups excluding carboxylic acids is 1. The van der Waals surface area contributed by atoms with Crippen molar-refractivity contribution in [1.29, 1.82) is 0 Å². The monoisotopic (exact) mass is 291 g/mol. The fourth-order valence-corrected chi connectivity index (χ4v) is 2.87. The first-order chi connectivity index (χ1) is 10.0. The second-order valence-electron chi connectivity index (χ2n) is 5.49. The summed E-state index contributed by atoms with van der Waals surface area (Å²) in [6, 6.07) is 4.96. The molecule has 1 unspecified atom stereocenters. The molecular formula is C15H21N3O3. The van der Waals surface area contributed by atoms with E-state index >= 15 is 0 Å². The molecular weight excluding hydrogens is 270 g/mol. The van der Waals surface area contributed by atoms with Gasteiger partial charge in [-0.25, -0.2) is 0 Å². The van der Waals surface area contributed by atoms with Crippen molar-refractivity contribution in [3.63, 3.8) is 0 Å². The standard InChI is InChI=1S/C15H21N3O3/c1-3-4-11-8-15(19)17(9-11)10-12-5-6-14(18(20)21)13(7-12)16-2/h5-7,11,16H,3-4,8-10H2,1-2H3. The predicted octanol–water partition coefficient (Wildman–Crippen LogP) is 2.79. The molecule has 1 saturated heterocycles. The van der Waals surface area contributed by atoms with Crippen LogP contribution in [0.5, 0.6) is 0 Å². The van der Waals surface area contributed by atoms with Gasteiger partial charge in [-0.3, -0.25) is 14.9 Å². The van der Waals surface area contributed by atoms with E-state index in [1.165, 1.54) is 6.07 Å². The molecule has 1 atom stereocenters. The van der Waals surface area contributed by atoms with E-state index < -0.39 is 4.92 Å². The van der Waals surface area contributed by atoms with Gasteiger partial charge < -0.3 is 10.2 Å². The minimum absolute atomic E-state index is 0.0536. The number of hydrogen-bond acceptors (Lipinski definition) is 4. The van der Waals surface area contributed by atoms with Gasteiger partial charge in [0.25, 0.3) is 5.69 Å². The molecule has 2 rings (SSSR count). The van der Waals surface area contributed by atoms with Crippen molar-refractivity contribution in [2.75, 3.05) is 18.9 Å². The number of nitro benzene ring substituents is 1. The quantitative estimate of drug-likeness (QED) is 0.646. The van der Waals surface area contributed by atoms with Crippen molar-refractivity contribution in [3.8, 4) is 0 Å². The number of nitro groups is 1. The van der Waals surface area contributed by atoms with Crippen LogP contribution in [0.2, 0.25) is 0 Å². The largest absolute Gasteiger partial charge is 0.383 e. The van der Waals surface area contributed by atoms with Crippen LogP contribution < -0.4 is 5.32 Å². The number of benzene rings is 1. The van der Waals surface area contributed by atoms with Crippen molar-refractivity contribution in [3.05, 3.63) is 33.9 Å². The highest BCUT2D eigenvalue weighted by Gasteiger charge is 2.29. The Kier molecular flexibility index (Phi) is 4.77. The highest BCUT2D eigenvalue weighted by molar-refractivity contribution is 5.78. The van der Waals surface area contributed by atoms with Gasteiger partial charge in [0.2, 0.25) is 5.91 Å². The Morgan fingerprint density at radius 2 is 2.24 bits per heavy atom. The molecule has 1 amide bonds. The topological polar surface area (TPSA) is 75.5 Å². The van der Waals surface area contributed by atoms with E-state index in [1.807, 2.05) is 4.90 Å². The molecule has 114 valence electrons. The molecule has 6 heteroatoms. The van der Waals surface area contributed by atoms with Crippen molar-refractivity contribution < 1.29 is 9.72 Å². The van der Waals surface area contributed by atoms with Crippen LogP contribution in [0.15, 0.2) is 18.2 Å². The van der Waals surface area contributed by atoms with E-state index in [9.17, 15) is 14.9 Å². The van der Waals surface area contributed by atoms with Crippen molar-refractivity contribution in [2.24, 2.45) is 5.92 Å².